The van der Waals surface area contributed by atoms with Crippen LogP contribution in [0.25, 0.3) is 0 Å². The van der Waals surface area contributed by atoms with E-state index in [2.05, 4.69) is 10.3 Å². The zero-order chi connectivity index (χ0) is 14.4. The number of hydrogen-bond donors (Lipinski definition) is 1. The van der Waals surface area contributed by atoms with Gasteiger partial charge in [-0.2, -0.15) is 0 Å². The summed E-state index contributed by atoms with van der Waals surface area (Å²) in [5.74, 6) is 0.0919. The molecular weight excluding hydrogens is 345 g/mol. The number of thiazole rings is 1. The van der Waals surface area contributed by atoms with E-state index in [-0.39, 0.29) is 30.7 Å². The molecule has 0 fully saturated rings. The van der Waals surface area contributed by atoms with Crippen molar-refractivity contribution in [3.05, 3.63) is 15.6 Å². The number of amides is 1. The molecule has 1 aliphatic carbocycles. The quantitative estimate of drug-likeness (QED) is 0.747. The van der Waals surface area contributed by atoms with Crippen LogP contribution in [0.1, 0.15) is 28.4 Å². The normalized spacial score (nSPS) is 12.8. The Morgan fingerprint density at radius 3 is 2.77 bits per heavy atom. The lowest BCUT2D eigenvalue weighted by Gasteiger charge is -2.15. The number of fused-ring (bicyclic) bond motifs is 1. The average molecular weight is 370 g/mol. The largest absolute Gasteiger partial charge is 0.383 e. The minimum Gasteiger partial charge on any atom is -0.383 e. The fraction of sp³-hybridized carbons (Fsp3) is 0.714. The lowest BCUT2D eigenvalue weighted by molar-refractivity contribution is -0.129. The molecule has 1 heterocycles. The SMILES string of the molecule is COCCNCC(=O)N(C)Cc1nc2c(s1)CCCC2.Cl.Cl. The highest BCUT2D eigenvalue weighted by Gasteiger charge is 2.17. The van der Waals surface area contributed by atoms with E-state index in [9.17, 15) is 4.79 Å². The maximum atomic E-state index is 12.0. The van der Waals surface area contributed by atoms with E-state index in [4.69, 9.17) is 4.74 Å². The third kappa shape index (κ3) is 6.38. The van der Waals surface area contributed by atoms with Crippen LogP contribution in [0.4, 0.5) is 0 Å². The fourth-order valence-corrected chi connectivity index (χ4v) is 3.48. The summed E-state index contributed by atoms with van der Waals surface area (Å²) in [4.78, 5) is 19.8. The summed E-state index contributed by atoms with van der Waals surface area (Å²) in [6.07, 6.45) is 4.77. The van der Waals surface area contributed by atoms with E-state index in [1.54, 1.807) is 23.3 Å². The number of aromatic nitrogens is 1. The average Bonchev–Trinajstić information content (AvgIpc) is 2.85. The highest BCUT2D eigenvalue weighted by atomic mass is 35.5. The van der Waals surface area contributed by atoms with Crippen molar-refractivity contribution in [2.24, 2.45) is 0 Å². The van der Waals surface area contributed by atoms with Gasteiger partial charge in [-0.05, 0) is 25.7 Å². The van der Waals surface area contributed by atoms with Gasteiger partial charge in [0.25, 0.3) is 0 Å². The monoisotopic (exact) mass is 369 g/mol. The van der Waals surface area contributed by atoms with E-state index >= 15 is 0 Å². The number of carbonyl (C=O) groups excluding carboxylic acids is 1. The fourth-order valence-electron chi connectivity index (χ4n) is 2.27. The Bertz CT molecular complexity index is 434. The third-order valence-electron chi connectivity index (χ3n) is 3.45. The number of methoxy groups -OCH3 is 1. The van der Waals surface area contributed by atoms with E-state index in [1.807, 2.05) is 7.05 Å². The molecule has 128 valence electrons. The number of ether oxygens (including phenoxy) is 1. The molecule has 0 aliphatic heterocycles. The van der Waals surface area contributed by atoms with Crippen LogP contribution in [0.3, 0.4) is 0 Å². The van der Waals surface area contributed by atoms with Crippen LogP contribution in [0, 0.1) is 0 Å². The lowest BCUT2D eigenvalue weighted by Crippen LogP contribution is -2.36. The molecule has 22 heavy (non-hydrogen) atoms. The number of halogens is 2. The number of aryl methyl sites for hydroxylation is 2. The summed E-state index contributed by atoms with van der Waals surface area (Å²) in [7, 11) is 3.49. The topological polar surface area (TPSA) is 54.5 Å². The van der Waals surface area contributed by atoms with E-state index in [0.717, 1.165) is 17.8 Å². The van der Waals surface area contributed by atoms with Crippen molar-refractivity contribution in [2.45, 2.75) is 32.2 Å². The lowest BCUT2D eigenvalue weighted by atomic mass is 10.0. The van der Waals surface area contributed by atoms with Gasteiger partial charge in [-0.25, -0.2) is 4.98 Å². The molecule has 1 N–H and O–H groups in total. The molecular formula is C14H25Cl2N3O2S. The summed E-state index contributed by atoms with van der Waals surface area (Å²) < 4.78 is 4.93. The minimum atomic E-state index is 0. The van der Waals surface area contributed by atoms with Crippen LogP contribution in [-0.4, -0.2) is 49.6 Å². The van der Waals surface area contributed by atoms with Crippen LogP contribution in [0.2, 0.25) is 0 Å². The Morgan fingerprint density at radius 1 is 1.36 bits per heavy atom. The maximum absolute atomic E-state index is 12.0. The third-order valence-corrected chi connectivity index (χ3v) is 4.59. The predicted octanol–water partition coefficient (Wildman–Crippen LogP) is 2.06. The van der Waals surface area contributed by atoms with Crippen molar-refractivity contribution in [3.8, 4) is 0 Å². The first-order chi connectivity index (χ1) is 9.70. The molecule has 0 spiro atoms. The van der Waals surface area contributed by atoms with Gasteiger partial charge >= 0.3 is 0 Å². The standard InChI is InChI=1S/C14H23N3O2S.2ClH/c1-17(14(18)9-15-7-8-19-2)10-13-16-11-5-3-4-6-12(11)20-13;;/h15H,3-10H2,1-2H3;2*1H. The van der Waals surface area contributed by atoms with Crippen LogP contribution in [-0.2, 0) is 28.9 Å². The Kier molecular flexibility index (Phi) is 11.0. The van der Waals surface area contributed by atoms with Crippen LogP contribution in [0.15, 0.2) is 0 Å². The van der Waals surface area contributed by atoms with Gasteiger partial charge in [-0.15, -0.1) is 36.2 Å². The van der Waals surface area contributed by atoms with Crippen molar-refractivity contribution >= 4 is 42.1 Å². The Balaban J connectivity index is 0.00000220. The zero-order valence-corrected chi connectivity index (χ0v) is 15.5. The molecule has 1 aromatic rings. The van der Waals surface area contributed by atoms with Gasteiger partial charge in [-0.3, -0.25) is 4.79 Å². The van der Waals surface area contributed by atoms with E-state index in [1.165, 1.54) is 23.4 Å². The summed E-state index contributed by atoms with van der Waals surface area (Å²) in [6, 6.07) is 0. The number of likely N-dealkylation sites (N-methyl/N-ethyl adjacent to an activating group) is 1. The second-order valence-electron chi connectivity index (χ2n) is 5.10. The molecule has 1 aliphatic rings. The second kappa shape index (κ2) is 11.2. The van der Waals surface area contributed by atoms with Crippen LogP contribution in [0.5, 0.6) is 0 Å². The number of carbonyl (C=O) groups is 1. The summed E-state index contributed by atoms with van der Waals surface area (Å²) in [5.41, 5.74) is 1.26. The maximum Gasteiger partial charge on any atom is 0.236 e. The van der Waals surface area contributed by atoms with Crippen LogP contribution >= 0.6 is 36.2 Å². The molecule has 0 radical (unpaired) electrons. The highest BCUT2D eigenvalue weighted by molar-refractivity contribution is 7.11. The van der Waals surface area contributed by atoms with Gasteiger partial charge in [0, 0.05) is 25.6 Å². The van der Waals surface area contributed by atoms with Crippen molar-refractivity contribution in [3.63, 3.8) is 0 Å². The molecule has 2 rings (SSSR count). The predicted molar refractivity (Wildman–Crippen MR) is 94.5 cm³/mol. The van der Waals surface area contributed by atoms with E-state index < -0.39 is 0 Å². The molecule has 1 amide bonds. The summed E-state index contributed by atoms with van der Waals surface area (Å²) in [6.45, 7) is 2.28. The number of rotatable bonds is 7. The zero-order valence-electron chi connectivity index (χ0n) is 13.1. The number of nitrogens with one attached hydrogen (secondary N) is 1. The summed E-state index contributed by atoms with van der Waals surface area (Å²) in [5, 5.41) is 4.13. The molecule has 0 unspecified atom stereocenters. The first kappa shape index (κ1) is 21.6. The molecule has 0 aromatic carbocycles. The molecule has 5 nitrogen and oxygen atoms in total. The molecule has 1 aromatic heterocycles. The Labute approximate surface area is 148 Å². The minimum absolute atomic E-state index is 0. The molecule has 0 saturated heterocycles. The highest BCUT2D eigenvalue weighted by Crippen LogP contribution is 2.27. The van der Waals surface area contributed by atoms with Gasteiger partial charge in [-0.1, -0.05) is 0 Å². The molecule has 8 heteroatoms. The number of hydrogen-bond acceptors (Lipinski definition) is 5. The number of nitrogens with zero attached hydrogens (tertiary/aromatic N) is 2. The van der Waals surface area contributed by atoms with Gasteiger partial charge in [0.2, 0.25) is 5.91 Å². The summed E-state index contributed by atoms with van der Waals surface area (Å²) >= 11 is 1.77. The second-order valence-corrected chi connectivity index (χ2v) is 6.27. The van der Waals surface area contributed by atoms with Crippen molar-refractivity contribution < 1.29 is 9.53 Å². The first-order valence-corrected chi connectivity index (χ1v) is 7.93. The Morgan fingerprint density at radius 2 is 2.09 bits per heavy atom. The van der Waals surface area contributed by atoms with Crippen molar-refractivity contribution in [1.29, 1.82) is 0 Å². The first-order valence-electron chi connectivity index (χ1n) is 7.11. The molecule has 0 saturated carbocycles. The van der Waals surface area contributed by atoms with Crippen molar-refractivity contribution in [2.75, 3.05) is 33.9 Å². The van der Waals surface area contributed by atoms with Crippen molar-refractivity contribution in [1.82, 2.24) is 15.2 Å². The van der Waals surface area contributed by atoms with Gasteiger partial charge in [0.15, 0.2) is 0 Å². The van der Waals surface area contributed by atoms with Crippen LogP contribution < -0.4 is 5.32 Å². The Hall–Kier alpha value is -0.400. The smallest absolute Gasteiger partial charge is 0.236 e. The van der Waals surface area contributed by atoms with Gasteiger partial charge in [0.1, 0.15) is 5.01 Å². The van der Waals surface area contributed by atoms with Gasteiger partial charge in [0.05, 0.1) is 25.4 Å². The molecule has 0 bridgehead atoms. The van der Waals surface area contributed by atoms with Gasteiger partial charge < -0.3 is 15.0 Å². The van der Waals surface area contributed by atoms with E-state index in [0.29, 0.717) is 26.2 Å². The molecule has 0 atom stereocenters.